The van der Waals surface area contributed by atoms with Gasteiger partial charge in [-0.05, 0) is 6.42 Å². The van der Waals surface area contributed by atoms with E-state index in [9.17, 15) is 14.4 Å². The second kappa shape index (κ2) is 5.95. The monoisotopic (exact) mass is 203 g/mol. The molecule has 0 heterocycles. The van der Waals surface area contributed by atoms with Crippen LogP contribution in [0.25, 0.3) is 0 Å². The third-order valence-electron chi connectivity index (χ3n) is 1.49. The van der Waals surface area contributed by atoms with Crippen molar-refractivity contribution in [2.45, 2.75) is 32.2 Å². The lowest BCUT2D eigenvalue weighted by molar-refractivity contribution is -0.147. The van der Waals surface area contributed by atoms with Gasteiger partial charge < -0.3 is 15.5 Å². The zero-order valence-electron chi connectivity index (χ0n) is 7.82. The molecule has 1 atom stereocenters. The van der Waals surface area contributed by atoms with Crippen molar-refractivity contribution in [1.29, 1.82) is 0 Å². The first kappa shape index (κ1) is 12.4. The van der Waals surface area contributed by atoms with Gasteiger partial charge in [-0.2, -0.15) is 0 Å². The summed E-state index contributed by atoms with van der Waals surface area (Å²) in [7, 11) is 0. The molecule has 0 unspecified atom stereocenters. The molecule has 0 spiro atoms. The van der Waals surface area contributed by atoms with E-state index in [0.29, 0.717) is 6.42 Å². The van der Waals surface area contributed by atoms with Crippen LogP contribution < -0.4 is 5.32 Å². The summed E-state index contributed by atoms with van der Waals surface area (Å²) in [5.41, 5.74) is 0. The summed E-state index contributed by atoms with van der Waals surface area (Å²) in [4.78, 5) is 31.7. The van der Waals surface area contributed by atoms with Gasteiger partial charge in [-0.25, -0.2) is 4.79 Å². The van der Waals surface area contributed by atoms with Gasteiger partial charge in [-0.1, -0.05) is 6.92 Å². The minimum atomic E-state index is -1.34. The normalized spacial score (nSPS) is 11.8. The average molecular weight is 203 g/mol. The number of carboxylic acid groups (broad SMARTS) is 2. The van der Waals surface area contributed by atoms with Crippen LogP contribution in [0.1, 0.15) is 26.2 Å². The Balaban J connectivity index is 4.16. The molecule has 0 aromatic carbocycles. The van der Waals surface area contributed by atoms with Crippen LogP contribution in [0.4, 0.5) is 0 Å². The van der Waals surface area contributed by atoms with Crippen molar-refractivity contribution in [2.75, 3.05) is 0 Å². The van der Waals surface area contributed by atoms with Crippen LogP contribution >= 0.6 is 0 Å². The maximum atomic E-state index is 11.0. The van der Waals surface area contributed by atoms with Crippen LogP contribution in [0.2, 0.25) is 0 Å². The SMILES string of the molecule is CCCC(=O)N[C@H](CC(=O)O)C(=O)O. The van der Waals surface area contributed by atoms with E-state index in [1.807, 2.05) is 0 Å². The molecule has 6 nitrogen and oxygen atoms in total. The van der Waals surface area contributed by atoms with Gasteiger partial charge in [0.2, 0.25) is 5.91 Å². The molecule has 0 aliphatic heterocycles. The van der Waals surface area contributed by atoms with Gasteiger partial charge in [-0.3, -0.25) is 9.59 Å². The smallest absolute Gasteiger partial charge is 0.326 e. The van der Waals surface area contributed by atoms with E-state index in [2.05, 4.69) is 5.32 Å². The maximum Gasteiger partial charge on any atom is 0.326 e. The molecular formula is C8H13NO5. The molecule has 0 saturated heterocycles. The number of hydrogen-bond donors (Lipinski definition) is 3. The molecule has 3 N–H and O–H groups in total. The van der Waals surface area contributed by atoms with Crippen molar-refractivity contribution < 1.29 is 24.6 Å². The van der Waals surface area contributed by atoms with E-state index >= 15 is 0 Å². The third kappa shape index (κ3) is 5.13. The number of aliphatic carboxylic acids is 2. The summed E-state index contributed by atoms with van der Waals surface area (Å²) < 4.78 is 0. The molecule has 0 aliphatic carbocycles. The highest BCUT2D eigenvalue weighted by atomic mass is 16.4. The van der Waals surface area contributed by atoms with E-state index in [0.717, 1.165) is 0 Å². The van der Waals surface area contributed by atoms with Crippen LogP contribution in [0, 0.1) is 0 Å². The molecule has 0 bridgehead atoms. The number of carbonyl (C=O) groups excluding carboxylic acids is 1. The zero-order chi connectivity index (χ0) is 11.1. The van der Waals surface area contributed by atoms with Crippen molar-refractivity contribution in [1.82, 2.24) is 5.32 Å². The Morgan fingerprint density at radius 2 is 1.86 bits per heavy atom. The summed E-state index contributed by atoms with van der Waals surface area (Å²) in [5, 5.41) is 19.1. The molecular weight excluding hydrogens is 190 g/mol. The van der Waals surface area contributed by atoms with Crippen LogP contribution in [-0.4, -0.2) is 34.1 Å². The lowest BCUT2D eigenvalue weighted by Crippen LogP contribution is -2.42. The van der Waals surface area contributed by atoms with E-state index in [-0.39, 0.29) is 6.42 Å². The lowest BCUT2D eigenvalue weighted by atomic mass is 10.2. The molecule has 0 aromatic rings. The fourth-order valence-electron chi connectivity index (χ4n) is 0.868. The number of hydrogen-bond acceptors (Lipinski definition) is 3. The predicted octanol–water partition coefficient (Wildman–Crippen LogP) is -0.169. The van der Waals surface area contributed by atoms with E-state index in [4.69, 9.17) is 10.2 Å². The van der Waals surface area contributed by atoms with Crippen LogP contribution in [0.3, 0.4) is 0 Å². The highest BCUT2D eigenvalue weighted by Gasteiger charge is 2.22. The predicted molar refractivity (Wildman–Crippen MR) is 46.7 cm³/mol. The molecule has 6 heteroatoms. The van der Waals surface area contributed by atoms with Gasteiger partial charge in [0.15, 0.2) is 0 Å². The second-order valence-electron chi connectivity index (χ2n) is 2.81. The molecule has 14 heavy (non-hydrogen) atoms. The zero-order valence-corrected chi connectivity index (χ0v) is 7.82. The Labute approximate surface area is 80.9 Å². The molecule has 0 fully saturated rings. The van der Waals surface area contributed by atoms with E-state index < -0.39 is 30.3 Å². The Morgan fingerprint density at radius 1 is 1.29 bits per heavy atom. The standard InChI is InChI=1S/C8H13NO5/c1-2-3-6(10)9-5(8(13)14)4-7(11)12/h5H,2-4H2,1H3,(H,9,10)(H,11,12)(H,13,14)/t5-/m1/s1. The summed E-state index contributed by atoms with van der Waals surface area (Å²) in [6.07, 6.45) is 0.180. The minimum Gasteiger partial charge on any atom is -0.481 e. The van der Waals surface area contributed by atoms with Gasteiger partial charge in [0.05, 0.1) is 6.42 Å². The second-order valence-corrected chi connectivity index (χ2v) is 2.81. The van der Waals surface area contributed by atoms with E-state index in [1.165, 1.54) is 0 Å². The molecule has 1 amide bonds. The van der Waals surface area contributed by atoms with Crippen LogP contribution in [0.15, 0.2) is 0 Å². The highest BCUT2D eigenvalue weighted by Crippen LogP contribution is 1.95. The Bertz CT molecular complexity index is 238. The molecule has 0 saturated carbocycles. The first-order valence-corrected chi connectivity index (χ1v) is 4.21. The van der Waals surface area contributed by atoms with Crippen molar-refractivity contribution in [3.05, 3.63) is 0 Å². The molecule has 0 radical (unpaired) electrons. The van der Waals surface area contributed by atoms with Crippen molar-refractivity contribution >= 4 is 17.8 Å². The Morgan fingerprint density at radius 3 is 2.21 bits per heavy atom. The molecule has 80 valence electrons. The van der Waals surface area contributed by atoms with Crippen LogP contribution in [0.5, 0.6) is 0 Å². The number of amides is 1. The highest BCUT2D eigenvalue weighted by molar-refractivity contribution is 5.86. The third-order valence-corrected chi connectivity index (χ3v) is 1.49. The largest absolute Gasteiger partial charge is 0.481 e. The van der Waals surface area contributed by atoms with Crippen molar-refractivity contribution in [2.24, 2.45) is 0 Å². The topological polar surface area (TPSA) is 104 Å². The Hall–Kier alpha value is -1.59. The first-order valence-electron chi connectivity index (χ1n) is 4.21. The van der Waals surface area contributed by atoms with Gasteiger partial charge in [-0.15, -0.1) is 0 Å². The quantitative estimate of drug-likeness (QED) is 0.556. The summed E-state index contributed by atoms with van der Waals surface area (Å²) in [6.45, 7) is 1.77. The van der Waals surface area contributed by atoms with Crippen molar-refractivity contribution in [3.8, 4) is 0 Å². The van der Waals surface area contributed by atoms with Crippen LogP contribution in [-0.2, 0) is 14.4 Å². The first-order chi connectivity index (χ1) is 6.47. The fraction of sp³-hybridized carbons (Fsp3) is 0.625. The van der Waals surface area contributed by atoms with Gasteiger partial charge in [0, 0.05) is 6.42 Å². The maximum absolute atomic E-state index is 11.0. The minimum absolute atomic E-state index is 0.198. The number of carboxylic acids is 2. The summed E-state index contributed by atoms with van der Waals surface area (Å²) >= 11 is 0. The van der Waals surface area contributed by atoms with Gasteiger partial charge in [0.1, 0.15) is 6.04 Å². The molecule has 0 rings (SSSR count). The summed E-state index contributed by atoms with van der Waals surface area (Å²) in [6, 6.07) is -1.34. The lowest BCUT2D eigenvalue weighted by Gasteiger charge is -2.11. The van der Waals surface area contributed by atoms with Gasteiger partial charge in [0.25, 0.3) is 0 Å². The molecule has 0 aliphatic rings. The fourth-order valence-corrected chi connectivity index (χ4v) is 0.868. The molecule has 0 aromatic heterocycles. The Kier molecular flexibility index (Phi) is 5.28. The number of carbonyl (C=O) groups is 3. The number of rotatable bonds is 6. The number of nitrogens with one attached hydrogen (secondary N) is 1. The average Bonchev–Trinajstić information content (AvgIpc) is 2.02. The van der Waals surface area contributed by atoms with E-state index in [1.54, 1.807) is 6.92 Å². The van der Waals surface area contributed by atoms with Crippen molar-refractivity contribution in [3.63, 3.8) is 0 Å². The summed E-state index contributed by atoms with van der Waals surface area (Å²) in [5.74, 6) is -3.03. The van der Waals surface area contributed by atoms with Gasteiger partial charge >= 0.3 is 11.9 Å².